The molecule has 1 unspecified atom stereocenters. The van der Waals surface area contributed by atoms with Crippen LogP contribution in [0.2, 0.25) is 0 Å². The Bertz CT molecular complexity index is 457. The molecule has 3 rings (SSSR count). The van der Waals surface area contributed by atoms with Gasteiger partial charge in [0.05, 0.1) is 0 Å². The Hall–Kier alpha value is -1.75. The molecule has 1 aromatic carbocycles. The molecule has 5 nitrogen and oxygen atoms in total. The predicted molar refractivity (Wildman–Crippen MR) is 76.7 cm³/mol. The van der Waals surface area contributed by atoms with Crippen molar-refractivity contribution < 1.29 is 4.79 Å². The van der Waals surface area contributed by atoms with Gasteiger partial charge in [-0.3, -0.25) is 4.90 Å². The monoisotopic (exact) mass is 260 g/mol. The zero-order valence-electron chi connectivity index (χ0n) is 11.0. The maximum atomic E-state index is 11.6. The van der Waals surface area contributed by atoms with Crippen LogP contribution in [0.3, 0.4) is 0 Å². The molecule has 2 heterocycles. The lowest BCUT2D eigenvalue weighted by molar-refractivity contribution is 0.252. The number of benzene rings is 1. The van der Waals surface area contributed by atoms with Gasteiger partial charge in [-0.2, -0.15) is 0 Å². The minimum absolute atomic E-state index is 0.00499. The van der Waals surface area contributed by atoms with E-state index in [4.69, 9.17) is 0 Å². The topological polar surface area (TPSA) is 56.4 Å². The third-order valence-electron chi connectivity index (χ3n) is 3.73. The number of hydrogen-bond acceptors (Lipinski definition) is 3. The van der Waals surface area contributed by atoms with Crippen molar-refractivity contribution in [2.45, 2.75) is 18.9 Å². The van der Waals surface area contributed by atoms with Crippen LogP contribution >= 0.6 is 0 Å². The molecule has 0 aliphatic carbocycles. The average Bonchev–Trinajstić information content (AvgIpc) is 3.08. The zero-order chi connectivity index (χ0) is 13.1. The maximum Gasteiger partial charge on any atom is 0.321 e. The lowest BCUT2D eigenvalue weighted by Crippen LogP contribution is -2.29. The van der Waals surface area contributed by atoms with Crippen LogP contribution in [0.25, 0.3) is 0 Å². The van der Waals surface area contributed by atoms with Crippen LogP contribution in [-0.2, 0) is 0 Å². The van der Waals surface area contributed by atoms with Crippen molar-refractivity contribution >= 4 is 17.4 Å². The number of carbonyl (C=O) groups excluding carboxylic acids is 1. The van der Waals surface area contributed by atoms with Gasteiger partial charge in [0.1, 0.15) is 0 Å². The summed E-state index contributed by atoms with van der Waals surface area (Å²) in [7, 11) is 0. The molecule has 0 bridgehead atoms. The molecule has 3 N–H and O–H groups in total. The number of nitrogens with zero attached hydrogens (tertiary/aromatic N) is 1. The van der Waals surface area contributed by atoms with Gasteiger partial charge in [0.15, 0.2) is 0 Å². The molecule has 2 aliphatic heterocycles. The molecule has 2 aliphatic rings. The van der Waals surface area contributed by atoms with E-state index in [2.05, 4.69) is 16.0 Å². The van der Waals surface area contributed by atoms with E-state index in [0.29, 0.717) is 6.04 Å². The summed E-state index contributed by atoms with van der Waals surface area (Å²) in [5.41, 5.74) is 2.03. The Kier molecular flexibility index (Phi) is 3.55. The molecule has 0 spiro atoms. The highest BCUT2D eigenvalue weighted by atomic mass is 16.2. The van der Waals surface area contributed by atoms with E-state index in [-0.39, 0.29) is 6.03 Å². The lowest BCUT2D eigenvalue weighted by atomic mass is 10.2. The minimum Gasteiger partial charge on any atom is -0.383 e. The second kappa shape index (κ2) is 5.48. The number of amides is 2. The van der Waals surface area contributed by atoms with Gasteiger partial charge in [0, 0.05) is 37.1 Å². The van der Waals surface area contributed by atoms with Gasteiger partial charge in [0.2, 0.25) is 0 Å². The van der Waals surface area contributed by atoms with E-state index in [1.165, 1.54) is 12.8 Å². The Labute approximate surface area is 113 Å². The summed E-state index contributed by atoms with van der Waals surface area (Å²) in [5.74, 6) is 0. The van der Waals surface area contributed by atoms with E-state index in [9.17, 15) is 4.79 Å². The van der Waals surface area contributed by atoms with Crippen LogP contribution in [0.1, 0.15) is 12.8 Å². The molecular formula is C14H20N4O. The zero-order valence-corrected chi connectivity index (χ0v) is 11.0. The highest BCUT2D eigenvalue weighted by Gasteiger charge is 2.21. The molecule has 2 fully saturated rings. The fraction of sp³-hybridized carbons (Fsp3) is 0.500. The van der Waals surface area contributed by atoms with Crippen LogP contribution in [0, 0.1) is 0 Å². The summed E-state index contributed by atoms with van der Waals surface area (Å²) >= 11 is 0. The number of anilines is 2. The van der Waals surface area contributed by atoms with Crippen LogP contribution in [0.5, 0.6) is 0 Å². The number of hydrogen-bond donors (Lipinski definition) is 3. The maximum absolute atomic E-state index is 11.6. The highest BCUT2D eigenvalue weighted by molar-refractivity contribution is 5.94. The Morgan fingerprint density at radius 1 is 1.37 bits per heavy atom. The van der Waals surface area contributed by atoms with Crippen LogP contribution in [0.4, 0.5) is 16.2 Å². The standard InChI is InChI=1S/C14H20N4O/c19-14-16-7-8-18(14)13-5-1-3-11(9-13)17-10-12-4-2-6-15-12/h1,3,5,9,12,15,17H,2,4,6-8,10H2,(H,16,19). The van der Waals surface area contributed by atoms with E-state index >= 15 is 0 Å². The van der Waals surface area contributed by atoms with Gasteiger partial charge < -0.3 is 16.0 Å². The highest BCUT2D eigenvalue weighted by Crippen LogP contribution is 2.21. The first kappa shape index (κ1) is 12.3. The Morgan fingerprint density at radius 3 is 3.05 bits per heavy atom. The molecule has 1 aromatic rings. The van der Waals surface area contributed by atoms with E-state index in [1.807, 2.05) is 24.3 Å². The third-order valence-corrected chi connectivity index (χ3v) is 3.73. The van der Waals surface area contributed by atoms with Crippen LogP contribution < -0.4 is 20.9 Å². The largest absolute Gasteiger partial charge is 0.383 e. The van der Waals surface area contributed by atoms with E-state index < -0.39 is 0 Å². The number of urea groups is 1. The van der Waals surface area contributed by atoms with Crippen LogP contribution in [-0.4, -0.2) is 38.3 Å². The van der Waals surface area contributed by atoms with Crippen LogP contribution in [0.15, 0.2) is 24.3 Å². The minimum atomic E-state index is -0.00499. The first-order valence-corrected chi connectivity index (χ1v) is 6.95. The van der Waals surface area contributed by atoms with Crippen molar-refractivity contribution in [3.8, 4) is 0 Å². The predicted octanol–water partition coefficient (Wildman–Crippen LogP) is 1.38. The molecule has 2 saturated heterocycles. The summed E-state index contributed by atoms with van der Waals surface area (Å²) in [4.78, 5) is 13.4. The van der Waals surface area contributed by atoms with Gasteiger partial charge in [-0.15, -0.1) is 0 Å². The number of nitrogens with one attached hydrogen (secondary N) is 3. The number of carbonyl (C=O) groups is 1. The van der Waals surface area contributed by atoms with Crippen molar-refractivity contribution in [3.05, 3.63) is 24.3 Å². The molecule has 1 atom stereocenters. The van der Waals surface area contributed by atoms with Gasteiger partial charge in [-0.25, -0.2) is 4.79 Å². The first-order chi connectivity index (χ1) is 9.33. The van der Waals surface area contributed by atoms with E-state index in [1.54, 1.807) is 4.90 Å². The quantitative estimate of drug-likeness (QED) is 0.766. The second-order valence-corrected chi connectivity index (χ2v) is 5.11. The van der Waals surface area contributed by atoms with Gasteiger partial charge >= 0.3 is 6.03 Å². The van der Waals surface area contributed by atoms with Crippen molar-refractivity contribution in [1.82, 2.24) is 10.6 Å². The summed E-state index contributed by atoms with van der Waals surface area (Å²) in [5, 5.41) is 9.73. The summed E-state index contributed by atoms with van der Waals surface area (Å²) in [6.07, 6.45) is 2.50. The lowest BCUT2D eigenvalue weighted by Gasteiger charge is -2.17. The van der Waals surface area contributed by atoms with Crippen molar-refractivity contribution in [2.24, 2.45) is 0 Å². The third kappa shape index (κ3) is 2.81. The van der Waals surface area contributed by atoms with Crippen molar-refractivity contribution in [1.29, 1.82) is 0 Å². The Balaban J connectivity index is 1.63. The molecule has 102 valence electrons. The molecule has 0 radical (unpaired) electrons. The summed E-state index contributed by atoms with van der Waals surface area (Å²) < 4.78 is 0. The SMILES string of the molecule is O=C1NCCN1c1cccc(NCC2CCCN2)c1. The molecule has 0 saturated carbocycles. The second-order valence-electron chi connectivity index (χ2n) is 5.11. The molecule has 0 aromatic heterocycles. The average molecular weight is 260 g/mol. The summed E-state index contributed by atoms with van der Waals surface area (Å²) in [6, 6.07) is 8.62. The molecule has 5 heteroatoms. The molecule has 19 heavy (non-hydrogen) atoms. The fourth-order valence-corrected chi connectivity index (χ4v) is 2.67. The van der Waals surface area contributed by atoms with Gasteiger partial charge in [-0.05, 0) is 37.6 Å². The van der Waals surface area contributed by atoms with Crippen molar-refractivity contribution in [3.63, 3.8) is 0 Å². The van der Waals surface area contributed by atoms with Crippen molar-refractivity contribution in [2.75, 3.05) is 36.4 Å². The fourth-order valence-electron chi connectivity index (χ4n) is 2.67. The Morgan fingerprint density at radius 2 is 2.32 bits per heavy atom. The van der Waals surface area contributed by atoms with Gasteiger partial charge in [0.25, 0.3) is 0 Å². The normalized spacial score (nSPS) is 22.6. The smallest absolute Gasteiger partial charge is 0.321 e. The molecular weight excluding hydrogens is 240 g/mol. The first-order valence-electron chi connectivity index (χ1n) is 6.95. The summed E-state index contributed by atoms with van der Waals surface area (Å²) in [6.45, 7) is 3.53. The van der Waals surface area contributed by atoms with E-state index in [0.717, 1.165) is 37.6 Å². The van der Waals surface area contributed by atoms with Gasteiger partial charge in [-0.1, -0.05) is 6.07 Å². The molecule has 2 amide bonds. The number of rotatable bonds is 4.